The van der Waals surface area contributed by atoms with Crippen molar-refractivity contribution in [2.24, 2.45) is 5.73 Å². The molecule has 2 heterocycles. The molecule has 39 heavy (non-hydrogen) atoms. The fraction of sp³-hybridized carbons (Fsp3) is 0.484. The molecule has 8 heteroatoms. The first-order valence-electron chi connectivity index (χ1n) is 13.8. The number of fused-ring (bicyclic) bond motifs is 1. The van der Waals surface area contributed by atoms with E-state index in [1.165, 1.54) is 23.1 Å². The number of carbonyl (C=O) groups excluding carboxylic acids is 1. The van der Waals surface area contributed by atoms with Gasteiger partial charge in [-0.2, -0.15) is 0 Å². The number of aromatic nitrogens is 2. The third-order valence-electron chi connectivity index (χ3n) is 6.78. The van der Waals surface area contributed by atoms with Crippen molar-refractivity contribution in [3.8, 4) is 0 Å². The van der Waals surface area contributed by atoms with E-state index in [0.717, 1.165) is 42.8 Å². The van der Waals surface area contributed by atoms with E-state index in [4.69, 9.17) is 10.5 Å². The van der Waals surface area contributed by atoms with Crippen molar-refractivity contribution in [1.82, 2.24) is 19.4 Å². The maximum atomic E-state index is 12.4. The number of nitrogens with zero attached hydrogens (tertiary/aromatic N) is 4. The number of halogens is 1. The molecule has 1 aromatic carbocycles. The Kier molecular flexibility index (Phi) is 11.4. The minimum atomic E-state index is -0.470. The van der Waals surface area contributed by atoms with Crippen LogP contribution in [0.2, 0.25) is 0 Å². The summed E-state index contributed by atoms with van der Waals surface area (Å²) in [6.07, 6.45) is 14.8. The number of piperazine rings is 1. The molecule has 1 aliphatic heterocycles. The lowest BCUT2D eigenvalue weighted by Crippen LogP contribution is -2.51. The smallest absolute Gasteiger partial charge is 0.410 e. The highest BCUT2D eigenvalue weighted by molar-refractivity contribution is 9.11. The average molecular weight is 599 g/mol. The van der Waals surface area contributed by atoms with Gasteiger partial charge in [0.2, 0.25) is 0 Å². The maximum absolute atomic E-state index is 12.4. The lowest BCUT2D eigenvalue weighted by atomic mass is 9.89. The van der Waals surface area contributed by atoms with E-state index in [1.807, 2.05) is 45.0 Å². The lowest BCUT2D eigenvalue weighted by molar-refractivity contribution is 0.0101. The number of imidazole rings is 1. The van der Waals surface area contributed by atoms with Crippen LogP contribution in [0.25, 0.3) is 6.08 Å². The van der Waals surface area contributed by atoms with Crippen molar-refractivity contribution in [2.45, 2.75) is 72.1 Å². The Balaban J connectivity index is 0.000000395. The van der Waals surface area contributed by atoms with Gasteiger partial charge < -0.3 is 19.9 Å². The SMILES string of the molecule is CC(C)(C)OC(=O)N1CCN(C2C/C(=C\C(Br)=C/N)C/C=C\c3ccccc32)CC1.CCCn1ccnc1C. The van der Waals surface area contributed by atoms with E-state index >= 15 is 0 Å². The Bertz CT molecular complexity index is 1170. The molecule has 1 amide bonds. The molecule has 1 saturated heterocycles. The number of nitrogens with two attached hydrogens (primary N) is 1. The molecule has 1 unspecified atom stereocenters. The summed E-state index contributed by atoms with van der Waals surface area (Å²) in [5.74, 6) is 1.11. The van der Waals surface area contributed by atoms with E-state index in [1.54, 1.807) is 6.20 Å². The van der Waals surface area contributed by atoms with Crippen LogP contribution in [0.4, 0.5) is 4.79 Å². The van der Waals surface area contributed by atoms with Crippen LogP contribution in [0, 0.1) is 6.92 Å². The van der Waals surface area contributed by atoms with Gasteiger partial charge in [-0.25, -0.2) is 9.78 Å². The summed E-state index contributed by atoms with van der Waals surface area (Å²) in [7, 11) is 0. The summed E-state index contributed by atoms with van der Waals surface area (Å²) in [6.45, 7) is 14.0. The van der Waals surface area contributed by atoms with Gasteiger partial charge in [0, 0.05) is 61.8 Å². The van der Waals surface area contributed by atoms with Crippen LogP contribution in [0.15, 0.2) is 65.1 Å². The third-order valence-corrected chi connectivity index (χ3v) is 7.28. The molecule has 1 aromatic heterocycles. The van der Waals surface area contributed by atoms with Crippen LogP contribution in [0.1, 0.15) is 70.0 Å². The van der Waals surface area contributed by atoms with Crippen molar-refractivity contribution in [3.63, 3.8) is 0 Å². The second-order valence-electron chi connectivity index (χ2n) is 11.0. The molecule has 0 radical (unpaired) electrons. The Hall–Kier alpha value is -2.84. The summed E-state index contributed by atoms with van der Waals surface area (Å²) < 4.78 is 8.60. The highest BCUT2D eigenvalue weighted by Gasteiger charge is 2.31. The number of hydrogen-bond donors (Lipinski definition) is 1. The monoisotopic (exact) mass is 597 g/mol. The van der Waals surface area contributed by atoms with Gasteiger partial charge in [0.25, 0.3) is 0 Å². The predicted octanol–water partition coefficient (Wildman–Crippen LogP) is 6.81. The Morgan fingerprint density at radius 2 is 1.92 bits per heavy atom. The van der Waals surface area contributed by atoms with Crippen LogP contribution in [-0.2, 0) is 11.3 Å². The second kappa shape index (κ2) is 14.5. The Morgan fingerprint density at radius 3 is 2.54 bits per heavy atom. The molecular formula is C31H44BrN5O2. The normalized spacial score (nSPS) is 20.4. The molecule has 4 rings (SSSR count). The van der Waals surface area contributed by atoms with E-state index in [2.05, 4.69) is 79.8 Å². The second-order valence-corrected chi connectivity index (χ2v) is 11.9. The summed E-state index contributed by atoms with van der Waals surface area (Å²) in [5, 5.41) is 0. The zero-order valence-corrected chi connectivity index (χ0v) is 25.7. The molecule has 2 aromatic rings. The van der Waals surface area contributed by atoms with E-state index in [9.17, 15) is 4.79 Å². The van der Waals surface area contributed by atoms with Crippen LogP contribution < -0.4 is 5.73 Å². The van der Waals surface area contributed by atoms with E-state index in [-0.39, 0.29) is 12.1 Å². The third kappa shape index (κ3) is 9.39. The van der Waals surface area contributed by atoms with E-state index in [0.29, 0.717) is 13.1 Å². The molecule has 1 fully saturated rings. The standard InChI is InChI=1S/C24H32BrN3O2.C7H12N2/c1-24(2,3)30-23(29)28-13-11-27(12-14-28)22-16-18(15-20(25)17-26)7-6-9-19-8-4-5-10-21(19)22;1-3-5-9-6-4-8-7(9)2/h4-6,8-10,15,17,22H,7,11-14,16,26H2,1-3H3;4,6H,3,5H2,1-2H3/b9-6-,18-15-,20-17+;. The first-order valence-corrected chi connectivity index (χ1v) is 14.6. The molecule has 0 spiro atoms. The quantitative estimate of drug-likeness (QED) is 0.419. The van der Waals surface area contributed by atoms with Crippen molar-refractivity contribution >= 4 is 28.1 Å². The zero-order valence-electron chi connectivity index (χ0n) is 24.1. The molecule has 0 bridgehead atoms. The van der Waals surface area contributed by atoms with Gasteiger partial charge in [0.15, 0.2) is 0 Å². The molecule has 0 saturated carbocycles. The summed E-state index contributed by atoms with van der Waals surface area (Å²) >= 11 is 3.52. The van der Waals surface area contributed by atoms with Crippen molar-refractivity contribution in [3.05, 3.63) is 82.0 Å². The maximum Gasteiger partial charge on any atom is 0.410 e. The number of aryl methyl sites for hydroxylation is 2. The number of benzene rings is 1. The molecular weight excluding hydrogens is 554 g/mol. The van der Waals surface area contributed by atoms with Crippen molar-refractivity contribution < 1.29 is 9.53 Å². The van der Waals surface area contributed by atoms with Gasteiger partial charge in [0.1, 0.15) is 11.4 Å². The van der Waals surface area contributed by atoms with E-state index < -0.39 is 5.60 Å². The molecule has 1 aliphatic carbocycles. The zero-order chi connectivity index (χ0) is 28.4. The van der Waals surface area contributed by atoms with Gasteiger partial charge in [-0.05, 0) is 80.1 Å². The predicted molar refractivity (Wildman–Crippen MR) is 163 cm³/mol. The lowest BCUT2D eigenvalue weighted by Gasteiger charge is -2.40. The van der Waals surface area contributed by atoms with Gasteiger partial charge in [-0.1, -0.05) is 48.9 Å². The summed E-state index contributed by atoms with van der Waals surface area (Å²) in [5.41, 5.74) is 9.13. The Labute approximate surface area is 242 Å². The van der Waals surface area contributed by atoms with Gasteiger partial charge in [-0.15, -0.1) is 0 Å². The van der Waals surface area contributed by atoms with Gasteiger partial charge >= 0.3 is 6.09 Å². The fourth-order valence-electron chi connectivity index (χ4n) is 4.86. The number of allylic oxidation sites excluding steroid dienone is 3. The highest BCUT2D eigenvalue weighted by Crippen LogP contribution is 2.35. The van der Waals surface area contributed by atoms with Gasteiger partial charge in [-0.3, -0.25) is 4.90 Å². The van der Waals surface area contributed by atoms with Gasteiger partial charge in [0.05, 0.1) is 0 Å². The Morgan fingerprint density at radius 1 is 1.21 bits per heavy atom. The number of rotatable bonds is 4. The summed E-state index contributed by atoms with van der Waals surface area (Å²) in [6, 6.07) is 8.86. The summed E-state index contributed by atoms with van der Waals surface area (Å²) in [4.78, 5) is 20.9. The van der Waals surface area contributed by atoms with Crippen molar-refractivity contribution in [2.75, 3.05) is 26.2 Å². The van der Waals surface area contributed by atoms with Crippen LogP contribution >= 0.6 is 15.9 Å². The van der Waals surface area contributed by atoms with Crippen LogP contribution in [0.3, 0.4) is 0 Å². The molecule has 212 valence electrons. The average Bonchev–Trinajstić information content (AvgIpc) is 3.30. The largest absolute Gasteiger partial charge is 0.444 e. The minimum absolute atomic E-state index is 0.222. The topological polar surface area (TPSA) is 76.6 Å². The number of carbonyl (C=O) groups is 1. The first kappa shape index (κ1) is 30.7. The molecule has 1 atom stereocenters. The number of hydrogen-bond acceptors (Lipinski definition) is 5. The van der Waals surface area contributed by atoms with Crippen LogP contribution in [-0.4, -0.2) is 57.2 Å². The first-order chi connectivity index (χ1) is 18.6. The highest BCUT2D eigenvalue weighted by atomic mass is 79.9. The van der Waals surface area contributed by atoms with Crippen LogP contribution in [0.5, 0.6) is 0 Å². The number of ether oxygens (including phenoxy) is 1. The minimum Gasteiger partial charge on any atom is -0.444 e. The number of amides is 1. The molecule has 7 nitrogen and oxygen atoms in total. The fourth-order valence-corrected chi connectivity index (χ4v) is 5.18. The molecule has 2 N–H and O–H groups in total. The van der Waals surface area contributed by atoms with Crippen molar-refractivity contribution in [1.29, 1.82) is 0 Å². The molecule has 2 aliphatic rings.